The summed E-state index contributed by atoms with van der Waals surface area (Å²) in [4.78, 5) is 15.7. The van der Waals surface area contributed by atoms with Gasteiger partial charge in [-0.1, -0.05) is 13.8 Å². The fourth-order valence-corrected chi connectivity index (χ4v) is 1.25. The quantitative estimate of drug-likeness (QED) is 0.847. The van der Waals surface area contributed by atoms with Crippen molar-refractivity contribution in [1.82, 2.24) is 4.98 Å². The van der Waals surface area contributed by atoms with Crippen molar-refractivity contribution in [2.45, 2.75) is 40.2 Å². The van der Waals surface area contributed by atoms with E-state index in [2.05, 4.69) is 36.4 Å². The molecule has 0 bridgehead atoms. The lowest BCUT2D eigenvalue weighted by Crippen LogP contribution is -2.26. The molecule has 0 unspecified atom stereocenters. The number of amides is 1. The Kier molecular flexibility index (Phi) is 4.10. The van der Waals surface area contributed by atoms with Crippen molar-refractivity contribution in [3.05, 3.63) is 18.3 Å². The molecule has 0 aliphatic rings. The molecule has 0 aliphatic carbocycles. The minimum atomic E-state index is -0.0378. The number of nitrogens with zero attached hydrogens (tertiary/aromatic N) is 1. The summed E-state index contributed by atoms with van der Waals surface area (Å²) in [6.45, 7) is 9.96. The van der Waals surface area contributed by atoms with E-state index in [1.807, 2.05) is 19.9 Å². The van der Waals surface area contributed by atoms with Gasteiger partial charge in [0.2, 0.25) is 5.91 Å². The Morgan fingerprint density at radius 2 is 1.94 bits per heavy atom. The van der Waals surface area contributed by atoms with Crippen LogP contribution in [0, 0.1) is 5.92 Å². The Bertz CT molecular complexity index is 377. The molecule has 94 valence electrons. The van der Waals surface area contributed by atoms with Crippen LogP contribution in [0.3, 0.4) is 0 Å². The summed E-state index contributed by atoms with van der Waals surface area (Å²) in [6, 6.07) is 3.71. The Morgan fingerprint density at radius 3 is 2.35 bits per heavy atom. The molecule has 0 fully saturated rings. The Hall–Kier alpha value is -1.58. The summed E-state index contributed by atoms with van der Waals surface area (Å²) >= 11 is 0. The van der Waals surface area contributed by atoms with E-state index in [1.54, 1.807) is 12.3 Å². The first-order chi connectivity index (χ1) is 7.78. The average Bonchev–Trinajstić information content (AvgIpc) is 2.18. The van der Waals surface area contributed by atoms with Crippen molar-refractivity contribution >= 4 is 17.4 Å². The molecule has 1 amide bonds. The molecule has 1 aromatic heterocycles. The maximum atomic E-state index is 11.5. The SMILES string of the molecule is CC(C)C(=O)Nc1ccc(NC(C)(C)C)cn1. The lowest BCUT2D eigenvalue weighted by molar-refractivity contribution is -0.118. The highest BCUT2D eigenvalue weighted by atomic mass is 16.1. The number of nitrogens with one attached hydrogen (secondary N) is 2. The molecule has 0 aromatic carbocycles. The fourth-order valence-electron chi connectivity index (χ4n) is 1.25. The van der Waals surface area contributed by atoms with Gasteiger partial charge in [-0.2, -0.15) is 0 Å². The standard InChI is InChI=1S/C13H21N3O/c1-9(2)12(17)15-11-7-6-10(8-14-11)16-13(3,4)5/h6-9,16H,1-5H3,(H,14,15,17). The van der Waals surface area contributed by atoms with Crippen molar-refractivity contribution in [3.63, 3.8) is 0 Å². The zero-order valence-electron chi connectivity index (χ0n) is 11.2. The molecule has 2 N–H and O–H groups in total. The van der Waals surface area contributed by atoms with E-state index in [-0.39, 0.29) is 17.4 Å². The van der Waals surface area contributed by atoms with Crippen LogP contribution in [-0.2, 0) is 4.79 Å². The molecule has 0 saturated carbocycles. The third-order valence-corrected chi connectivity index (χ3v) is 2.06. The van der Waals surface area contributed by atoms with E-state index in [0.717, 1.165) is 5.69 Å². The van der Waals surface area contributed by atoms with Crippen LogP contribution >= 0.6 is 0 Å². The van der Waals surface area contributed by atoms with Crippen LogP contribution in [0.15, 0.2) is 18.3 Å². The van der Waals surface area contributed by atoms with Gasteiger partial charge in [0.05, 0.1) is 11.9 Å². The van der Waals surface area contributed by atoms with E-state index in [4.69, 9.17) is 0 Å². The maximum absolute atomic E-state index is 11.5. The number of aromatic nitrogens is 1. The molecule has 0 radical (unpaired) electrons. The second kappa shape index (κ2) is 5.17. The van der Waals surface area contributed by atoms with Crippen molar-refractivity contribution in [3.8, 4) is 0 Å². The van der Waals surface area contributed by atoms with Gasteiger partial charge in [0, 0.05) is 11.5 Å². The van der Waals surface area contributed by atoms with Crippen LogP contribution in [0.4, 0.5) is 11.5 Å². The van der Waals surface area contributed by atoms with Crippen LogP contribution < -0.4 is 10.6 Å². The topological polar surface area (TPSA) is 54.0 Å². The summed E-state index contributed by atoms with van der Waals surface area (Å²) in [5.74, 6) is 0.529. The Labute approximate surface area is 103 Å². The number of hydrogen-bond acceptors (Lipinski definition) is 3. The summed E-state index contributed by atoms with van der Waals surface area (Å²) in [7, 11) is 0. The third kappa shape index (κ3) is 4.85. The predicted molar refractivity (Wildman–Crippen MR) is 71.1 cm³/mol. The van der Waals surface area contributed by atoms with Crippen LogP contribution in [-0.4, -0.2) is 16.4 Å². The van der Waals surface area contributed by atoms with Gasteiger partial charge in [-0.05, 0) is 32.9 Å². The van der Waals surface area contributed by atoms with E-state index >= 15 is 0 Å². The first kappa shape index (κ1) is 13.5. The molecule has 0 spiro atoms. The third-order valence-electron chi connectivity index (χ3n) is 2.06. The van der Waals surface area contributed by atoms with Gasteiger partial charge in [0.25, 0.3) is 0 Å². The summed E-state index contributed by atoms with van der Waals surface area (Å²) in [5.41, 5.74) is 0.949. The highest BCUT2D eigenvalue weighted by Gasteiger charge is 2.10. The molecule has 1 heterocycles. The van der Waals surface area contributed by atoms with Gasteiger partial charge in [-0.25, -0.2) is 4.98 Å². The van der Waals surface area contributed by atoms with Gasteiger partial charge in [-0.3, -0.25) is 4.79 Å². The van der Waals surface area contributed by atoms with Gasteiger partial charge in [0.1, 0.15) is 5.82 Å². The van der Waals surface area contributed by atoms with E-state index < -0.39 is 0 Å². The highest BCUT2D eigenvalue weighted by molar-refractivity contribution is 5.91. The highest BCUT2D eigenvalue weighted by Crippen LogP contribution is 2.15. The molecule has 4 heteroatoms. The molecule has 1 aromatic rings. The van der Waals surface area contributed by atoms with Gasteiger partial charge in [-0.15, -0.1) is 0 Å². The largest absolute Gasteiger partial charge is 0.379 e. The lowest BCUT2D eigenvalue weighted by Gasteiger charge is -2.21. The van der Waals surface area contributed by atoms with E-state index in [0.29, 0.717) is 5.82 Å². The molecule has 0 aliphatic heterocycles. The summed E-state index contributed by atoms with van der Waals surface area (Å²) in [6.07, 6.45) is 1.72. The molecule has 4 nitrogen and oxygen atoms in total. The van der Waals surface area contributed by atoms with Crippen LogP contribution in [0.2, 0.25) is 0 Å². The minimum absolute atomic E-state index is 0.00434. The molecule has 1 rings (SSSR count). The monoisotopic (exact) mass is 235 g/mol. The second-order valence-corrected chi connectivity index (χ2v) is 5.45. The number of carbonyl (C=O) groups excluding carboxylic acids is 1. The van der Waals surface area contributed by atoms with Crippen molar-refractivity contribution < 1.29 is 4.79 Å². The number of rotatable bonds is 3. The number of pyridine rings is 1. The zero-order chi connectivity index (χ0) is 13.1. The number of carbonyl (C=O) groups is 1. The summed E-state index contributed by atoms with van der Waals surface area (Å²) < 4.78 is 0. The lowest BCUT2D eigenvalue weighted by atomic mass is 10.1. The summed E-state index contributed by atoms with van der Waals surface area (Å²) in [5, 5.41) is 6.06. The van der Waals surface area contributed by atoms with Gasteiger partial charge in [0.15, 0.2) is 0 Å². The maximum Gasteiger partial charge on any atom is 0.228 e. The fraction of sp³-hybridized carbons (Fsp3) is 0.538. The smallest absolute Gasteiger partial charge is 0.228 e. The minimum Gasteiger partial charge on any atom is -0.379 e. The Balaban J connectivity index is 2.65. The van der Waals surface area contributed by atoms with Crippen LogP contribution in [0.25, 0.3) is 0 Å². The average molecular weight is 235 g/mol. The van der Waals surface area contributed by atoms with Crippen molar-refractivity contribution in [2.24, 2.45) is 5.92 Å². The predicted octanol–water partition coefficient (Wildman–Crippen LogP) is 2.89. The second-order valence-electron chi connectivity index (χ2n) is 5.45. The van der Waals surface area contributed by atoms with Gasteiger partial charge < -0.3 is 10.6 Å². The molecule has 0 atom stereocenters. The Morgan fingerprint density at radius 1 is 1.29 bits per heavy atom. The zero-order valence-corrected chi connectivity index (χ0v) is 11.2. The first-order valence-electron chi connectivity index (χ1n) is 5.83. The molecular formula is C13H21N3O. The number of hydrogen-bond donors (Lipinski definition) is 2. The van der Waals surface area contributed by atoms with Crippen LogP contribution in [0.1, 0.15) is 34.6 Å². The van der Waals surface area contributed by atoms with E-state index in [1.165, 1.54) is 0 Å². The first-order valence-corrected chi connectivity index (χ1v) is 5.83. The van der Waals surface area contributed by atoms with Gasteiger partial charge >= 0.3 is 0 Å². The number of anilines is 2. The van der Waals surface area contributed by atoms with Crippen LogP contribution in [0.5, 0.6) is 0 Å². The van der Waals surface area contributed by atoms with Crippen molar-refractivity contribution in [2.75, 3.05) is 10.6 Å². The van der Waals surface area contributed by atoms with Crippen molar-refractivity contribution in [1.29, 1.82) is 0 Å². The molecule has 0 saturated heterocycles. The normalized spacial score (nSPS) is 11.4. The van der Waals surface area contributed by atoms with E-state index in [9.17, 15) is 4.79 Å². The molecular weight excluding hydrogens is 214 g/mol. The molecule has 17 heavy (non-hydrogen) atoms.